The van der Waals surface area contributed by atoms with Crippen LogP contribution >= 0.6 is 11.6 Å². The molecule has 7 heteroatoms. The molecule has 0 saturated heterocycles. The highest BCUT2D eigenvalue weighted by molar-refractivity contribution is 6.34. The highest BCUT2D eigenvalue weighted by Gasteiger charge is 2.18. The van der Waals surface area contributed by atoms with Gasteiger partial charge in [-0.2, -0.15) is 5.10 Å². The lowest BCUT2D eigenvalue weighted by Gasteiger charge is -2.04. The molecule has 0 radical (unpaired) electrons. The number of fused-ring (bicyclic) bond motifs is 1. The Labute approximate surface area is 113 Å². The fraction of sp³-hybridized carbons (Fsp3) is 0.250. The minimum absolute atomic E-state index is 0.00479. The maximum absolute atomic E-state index is 13.2. The standard InChI is InChI=1S/C12H10ClFN4O/c13-11-8(5-15-6-9(11)14)12(19)16-10-4-7-2-1-3-18(7)17-10/h4-6H,1-3H2,(H,16,17,19). The van der Waals surface area contributed by atoms with Crippen molar-refractivity contribution in [2.75, 3.05) is 5.32 Å². The van der Waals surface area contributed by atoms with Crippen molar-refractivity contribution in [3.8, 4) is 0 Å². The number of carbonyl (C=O) groups excluding carboxylic acids is 1. The summed E-state index contributed by atoms with van der Waals surface area (Å²) in [5.74, 6) is -0.796. The number of anilines is 1. The molecule has 0 bridgehead atoms. The summed E-state index contributed by atoms with van der Waals surface area (Å²) >= 11 is 5.73. The molecule has 2 aromatic rings. The molecule has 0 spiro atoms. The average molecular weight is 281 g/mol. The van der Waals surface area contributed by atoms with Gasteiger partial charge in [0.15, 0.2) is 11.6 Å². The number of halogens is 2. The van der Waals surface area contributed by atoms with Crippen LogP contribution in [0.2, 0.25) is 5.02 Å². The topological polar surface area (TPSA) is 59.8 Å². The number of aromatic nitrogens is 3. The molecule has 1 N–H and O–H groups in total. The van der Waals surface area contributed by atoms with E-state index in [1.807, 2.05) is 10.7 Å². The number of nitrogens with one attached hydrogen (secondary N) is 1. The number of hydrogen-bond donors (Lipinski definition) is 1. The fourth-order valence-corrected chi connectivity index (χ4v) is 2.27. The molecule has 1 aliphatic heterocycles. The molecule has 0 fully saturated rings. The van der Waals surface area contributed by atoms with Crippen LogP contribution in [0, 0.1) is 5.82 Å². The Morgan fingerprint density at radius 2 is 2.32 bits per heavy atom. The first-order valence-electron chi connectivity index (χ1n) is 5.82. The van der Waals surface area contributed by atoms with Gasteiger partial charge in [0.1, 0.15) is 0 Å². The molecule has 5 nitrogen and oxygen atoms in total. The second-order valence-electron chi connectivity index (χ2n) is 4.28. The van der Waals surface area contributed by atoms with Crippen LogP contribution in [0.5, 0.6) is 0 Å². The highest BCUT2D eigenvalue weighted by Crippen LogP contribution is 2.21. The average Bonchev–Trinajstić information content (AvgIpc) is 2.93. The number of aryl methyl sites for hydroxylation is 2. The van der Waals surface area contributed by atoms with E-state index in [0.717, 1.165) is 31.3 Å². The molecule has 0 aliphatic carbocycles. The van der Waals surface area contributed by atoms with Gasteiger partial charge in [-0.15, -0.1) is 0 Å². The molecule has 98 valence electrons. The van der Waals surface area contributed by atoms with Crippen LogP contribution in [-0.4, -0.2) is 20.7 Å². The molecule has 19 heavy (non-hydrogen) atoms. The Morgan fingerprint density at radius 1 is 1.47 bits per heavy atom. The van der Waals surface area contributed by atoms with Gasteiger partial charge in [0.05, 0.1) is 16.8 Å². The Hall–Kier alpha value is -1.95. The van der Waals surface area contributed by atoms with Crippen molar-refractivity contribution < 1.29 is 9.18 Å². The van der Waals surface area contributed by atoms with E-state index >= 15 is 0 Å². The third-order valence-corrected chi connectivity index (χ3v) is 3.37. The second kappa shape index (κ2) is 4.62. The largest absolute Gasteiger partial charge is 0.305 e. The smallest absolute Gasteiger partial charge is 0.260 e. The van der Waals surface area contributed by atoms with Crippen molar-refractivity contribution in [2.24, 2.45) is 0 Å². The van der Waals surface area contributed by atoms with Crippen LogP contribution in [0.25, 0.3) is 0 Å². The first-order valence-corrected chi connectivity index (χ1v) is 6.20. The number of carbonyl (C=O) groups is 1. The van der Waals surface area contributed by atoms with E-state index in [0.29, 0.717) is 5.82 Å². The molecular weight excluding hydrogens is 271 g/mol. The van der Waals surface area contributed by atoms with Gasteiger partial charge in [-0.25, -0.2) is 4.39 Å². The SMILES string of the molecule is O=C(Nc1cc2n(n1)CCC2)c1cncc(F)c1Cl. The molecule has 0 atom stereocenters. The normalized spacial score (nSPS) is 13.4. The lowest BCUT2D eigenvalue weighted by atomic mass is 10.2. The van der Waals surface area contributed by atoms with Gasteiger partial charge in [0.2, 0.25) is 0 Å². The second-order valence-corrected chi connectivity index (χ2v) is 4.66. The highest BCUT2D eigenvalue weighted by atomic mass is 35.5. The maximum atomic E-state index is 13.2. The molecular formula is C12H10ClFN4O. The zero-order valence-electron chi connectivity index (χ0n) is 9.86. The molecule has 0 unspecified atom stereocenters. The molecule has 0 aromatic carbocycles. The summed E-state index contributed by atoms with van der Waals surface area (Å²) in [5.41, 5.74) is 1.08. The van der Waals surface area contributed by atoms with Gasteiger partial charge in [-0.05, 0) is 12.8 Å². The molecule has 0 saturated carbocycles. The van der Waals surface area contributed by atoms with Crippen LogP contribution in [0.3, 0.4) is 0 Å². The monoisotopic (exact) mass is 280 g/mol. The van der Waals surface area contributed by atoms with Crippen molar-refractivity contribution in [1.82, 2.24) is 14.8 Å². The summed E-state index contributed by atoms with van der Waals surface area (Å²) in [6.45, 7) is 0.855. The number of pyridine rings is 1. The van der Waals surface area contributed by atoms with Crippen LogP contribution in [0.4, 0.5) is 10.2 Å². The predicted molar refractivity (Wildman–Crippen MR) is 67.7 cm³/mol. The van der Waals surface area contributed by atoms with E-state index in [4.69, 9.17) is 11.6 Å². The van der Waals surface area contributed by atoms with Gasteiger partial charge >= 0.3 is 0 Å². The van der Waals surface area contributed by atoms with E-state index in [2.05, 4.69) is 15.4 Å². The number of hydrogen-bond acceptors (Lipinski definition) is 3. The number of nitrogens with zero attached hydrogens (tertiary/aromatic N) is 3. The summed E-state index contributed by atoms with van der Waals surface area (Å²) in [6.07, 6.45) is 4.20. The van der Waals surface area contributed by atoms with E-state index in [9.17, 15) is 9.18 Å². The third-order valence-electron chi connectivity index (χ3n) is 2.99. The zero-order valence-corrected chi connectivity index (χ0v) is 10.6. The van der Waals surface area contributed by atoms with Crippen molar-refractivity contribution in [2.45, 2.75) is 19.4 Å². The van der Waals surface area contributed by atoms with Gasteiger partial charge in [0, 0.05) is 24.5 Å². The third kappa shape index (κ3) is 2.19. The summed E-state index contributed by atoms with van der Waals surface area (Å²) in [5, 5.41) is 6.59. The summed E-state index contributed by atoms with van der Waals surface area (Å²) < 4.78 is 15.1. The Bertz CT molecular complexity index is 634. The Kier molecular flexibility index (Phi) is 2.94. The summed E-state index contributed by atoms with van der Waals surface area (Å²) in [6, 6.07) is 1.81. The van der Waals surface area contributed by atoms with Crippen molar-refractivity contribution in [3.63, 3.8) is 0 Å². The molecule has 3 heterocycles. The van der Waals surface area contributed by atoms with Gasteiger partial charge in [0.25, 0.3) is 5.91 Å². The van der Waals surface area contributed by atoms with Crippen LogP contribution in [-0.2, 0) is 13.0 Å². The summed E-state index contributed by atoms with van der Waals surface area (Å²) in [7, 11) is 0. The van der Waals surface area contributed by atoms with E-state index in [-0.39, 0.29) is 10.6 Å². The minimum Gasteiger partial charge on any atom is -0.305 e. The first-order chi connectivity index (χ1) is 9.15. The van der Waals surface area contributed by atoms with Crippen molar-refractivity contribution in [3.05, 3.63) is 40.6 Å². The fourth-order valence-electron chi connectivity index (χ4n) is 2.08. The van der Waals surface area contributed by atoms with E-state index < -0.39 is 11.7 Å². The predicted octanol–water partition coefficient (Wildman–Crippen LogP) is 2.27. The van der Waals surface area contributed by atoms with Gasteiger partial charge in [-0.1, -0.05) is 11.6 Å². The first kappa shape index (κ1) is 12.1. The van der Waals surface area contributed by atoms with Crippen molar-refractivity contribution >= 4 is 23.3 Å². The van der Waals surface area contributed by atoms with Crippen LogP contribution in [0.1, 0.15) is 22.5 Å². The maximum Gasteiger partial charge on any atom is 0.260 e. The van der Waals surface area contributed by atoms with Crippen molar-refractivity contribution in [1.29, 1.82) is 0 Å². The van der Waals surface area contributed by atoms with Crippen LogP contribution < -0.4 is 5.32 Å². The van der Waals surface area contributed by atoms with Gasteiger partial charge < -0.3 is 5.32 Å². The lowest BCUT2D eigenvalue weighted by Crippen LogP contribution is -2.14. The molecule has 2 aromatic heterocycles. The Morgan fingerprint density at radius 3 is 3.11 bits per heavy atom. The molecule has 1 aliphatic rings. The van der Waals surface area contributed by atoms with E-state index in [1.54, 1.807) is 0 Å². The zero-order chi connectivity index (χ0) is 13.4. The van der Waals surface area contributed by atoms with E-state index in [1.165, 1.54) is 6.20 Å². The number of rotatable bonds is 2. The summed E-state index contributed by atoms with van der Waals surface area (Å²) in [4.78, 5) is 15.6. The molecule has 3 rings (SSSR count). The quantitative estimate of drug-likeness (QED) is 0.918. The van der Waals surface area contributed by atoms with Gasteiger partial charge in [-0.3, -0.25) is 14.5 Å². The lowest BCUT2D eigenvalue weighted by molar-refractivity contribution is 0.102. The molecule has 1 amide bonds. The van der Waals surface area contributed by atoms with Crippen LogP contribution in [0.15, 0.2) is 18.5 Å². The Balaban J connectivity index is 1.82. The minimum atomic E-state index is -0.721. The number of amides is 1.